The molecule has 0 heterocycles. The van der Waals surface area contributed by atoms with Crippen molar-refractivity contribution >= 4 is 17.8 Å². The third-order valence-corrected chi connectivity index (χ3v) is 6.40. The molecule has 0 bridgehead atoms. The van der Waals surface area contributed by atoms with Crippen molar-refractivity contribution < 1.29 is 28.6 Å². The van der Waals surface area contributed by atoms with E-state index in [0.29, 0.717) is 37.2 Å². The number of ether oxygens (including phenoxy) is 1. The Kier molecular flexibility index (Phi) is 7.45. The molecule has 180 valence electrons. The lowest BCUT2D eigenvalue weighted by molar-refractivity contribution is -0.143. The third-order valence-electron chi connectivity index (χ3n) is 6.40. The van der Waals surface area contributed by atoms with Gasteiger partial charge < -0.3 is 20.5 Å². The van der Waals surface area contributed by atoms with E-state index in [2.05, 4.69) is 10.6 Å². The number of carbonyl (C=O) groups excluding carboxylic acids is 2. The highest BCUT2D eigenvalue weighted by Crippen LogP contribution is 2.40. The molecule has 2 aliphatic carbocycles. The van der Waals surface area contributed by atoms with Crippen LogP contribution in [0.2, 0.25) is 0 Å². The van der Waals surface area contributed by atoms with Crippen molar-refractivity contribution in [1.29, 1.82) is 0 Å². The number of carboxylic acids is 1. The van der Waals surface area contributed by atoms with Gasteiger partial charge in [0, 0.05) is 24.2 Å². The van der Waals surface area contributed by atoms with Crippen molar-refractivity contribution in [3.63, 3.8) is 0 Å². The van der Waals surface area contributed by atoms with Gasteiger partial charge in [0.05, 0.1) is 12.0 Å². The van der Waals surface area contributed by atoms with E-state index in [1.807, 2.05) is 18.2 Å². The van der Waals surface area contributed by atoms with Gasteiger partial charge in [-0.2, -0.15) is 0 Å². The summed E-state index contributed by atoms with van der Waals surface area (Å²) in [5.41, 5.74) is 1.94. The van der Waals surface area contributed by atoms with Crippen LogP contribution in [0, 0.1) is 11.7 Å². The second kappa shape index (κ2) is 10.7. The van der Waals surface area contributed by atoms with Gasteiger partial charge in [0.25, 0.3) is 11.8 Å². The molecule has 8 heteroatoms. The summed E-state index contributed by atoms with van der Waals surface area (Å²) >= 11 is 0. The maximum absolute atomic E-state index is 14.5. The molecule has 4 rings (SSSR count). The fraction of sp³-hybridized carbons (Fsp3) is 0.423. The van der Waals surface area contributed by atoms with Crippen LogP contribution in [0.4, 0.5) is 4.39 Å². The van der Waals surface area contributed by atoms with E-state index in [1.165, 1.54) is 30.5 Å². The fourth-order valence-corrected chi connectivity index (χ4v) is 4.25. The molecule has 0 unspecified atom stereocenters. The van der Waals surface area contributed by atoms with Crippen LogP contribution in [0.1, 0.15) is 70.7 Å². The zero-order chi connectivity index (χ0) is 24.1. The van der Waals surface area contributed by atoms with Crippen molar-refractivity contribution in [3.05, 3.63) is 65.0 Å². The zero-order valence-corrected chi connectivity index (χ0v) is 18.9. The number of carboxylic acid groups (broad SMARTS) is 1. The first kappa shape index (κ1) is 23.7. The Bertz CT molecular complexity index is 1060. The van der Waals surface area contributed by atoms with Crippen LogP contribution in [0.3, 0.4) is 0 Å². The van der Waals surface area contributed by atoms with Gasteiger partial charge in [0.1, 0.15) is 0 Å². The van der Waals surface area contributed by atoms with Crippen LogP contribution in [-0.4, -0.2) is 42.1 Å². The Morgan fingerprint density at radius 2 is 1.53 bits per heavy atom. The normalized spacial score (nSPS) is 19.8. The van der Waals surface area contributed by atoms with Gasteiger partial charge in [-0.15, -0.1) is 0 Å². The maximum atomic E-state index is 14.5. The second-order valence-corrected chi connectivity index (χ2v) is 8.99. The Hall–Kier alpha value is -3.42. The summed E-state index contributed by atoms with van der Waals surface area (Å²) < 4.78 is 20.2. The van der Waals surface area contributed by atoms with E-state index < -0.39 is 17.7 Å². The smallest absolute Gasteiger partial charge is 0.306 e. The maximum Gasteiger partial charge on any atom is 0.306 e. The number of benzene rings is 2. The Labute approximate surface area is 197 Å². The predicted molar refractivity (Wildman–Crippen MR) is 123 cm³/mol. The standard InChI is InChI=1S/C26H29FN2O5/c27-22-15-20(8-11-23(22)34-21-9-6-17(7-10-21)26(32)33)25(31)29-13-12-28-24(30)19-3-1-2-18(14-19)16-4-5-16/h1-3,8,11,14-17,21H,4-7,9-10,12-13H2,(H,28,30)(H,29,31)(H,32,33)/t17-,21+. The number of aliphatic carboxylic acids is 1. The second-order valence-electron chi connectivity index (χ2n) is 8.99. The van der Waals surface area contributed by atoms with Crippen LogP contribution in [-0.2, 0) is 4.79 Å². The Balaban J connectivity index is 1.21. The summed E-state index contributed by atoms with van der Waals surface area (Å²) in [6.07, 6.45) is 4.20. The van der Waals surface area contributed by atoms with E-state index >= 15 is 0 Å². The highest BCUT2D eigenvalue weighted by atomic mass is 19.1. The first-order valence-corrected chi connectivity index (χ1v) is 11.8. The van der Waals surface area contributed by atoms with Crippen LogP contribution in [0.25, 0.3) is 0 Å². The lowest BCUT2D eigenvalue weighted by Gasteiger charge is -2.27. The number of carbonyl (C=O) groups is 3. The molecule has 7 nitrogen and oxygen atoms in total. The number of nitrogens with one attached hydrogen (secondary N) is 2. The molecular formula is C26H29FN2O5. The van der Waals surface area contributed by atoms with Crippen LogP contribution >= 0.6 is 0 Å². The lowest BCUT2D eigenvalue weighted by atomic mass is 9.87. The minimum atomic E-state index is -0.803. The molecule has 0 aromatic heterocycles. The summed E-state index contributed by atoms with van der Waals surface area (Å²) in [4.78, 5) is 35.7. The van der Waals surface area contributed by atoms with Gasteiger partial charge in [-0.1, -0.05) is 12.1 Å². The first-order valence-electron chi connectivity index (χ1n) is 11.8. The summed E-state index contributed by atoms with van der Waals surface area (Å²) in [5, 5.41) is 14.5. The van der Waals surface area contributed by atoms with Crippen molar-refractivity contribution in [2.24, 2.45) is 5.92 Å². The largest absolute Gasteiger partial charge is 0.487 e. The molecule has 0 saturated heterocycles. The minimum absolute atomic E-state index is 0.0519. The summed E-state index contributed by atoms with van der Waals surface area (Å²) in [7, 11) is 0. The Morgan fingerprint density at radius 1 is 0.882 bits per heavy atom. The minimum Gasteiger partial charge on any atom is -0.487 e. The molecule has 0 aliphatic heterocycles. The molecule has 3 N–H and O–H groups in total. The Morgan fingerprint density at radius 3 is 2.12 bits per heavy atom. The van der Waals surface area contributed by atoms with Crippen LogP contribution in [0.15, 0.2) is 42.5 Å². The van der Waals surface area contributed by atoms with Gasteiger partial charge >= 0.3 is 5.97 Å². The van der Waals surface area contributed by atoms with E-state index in [1.54, 1.807) is 6.07 Å². The topological polar surface area (TPSA) is 105 Å². The monoisotopic (exact) mass is 468 g/mol. The summed E-state index contributed by atoms with van der Waals surface area (Å²) in [6, 6.07) is 11.6. The average molecular weight is 469 g/mol. The van der Waals surface area contributed by atoms with Crippen LogP contribution in [0.5, 0.6) is 5.75 Å². The predicted octanol–water partition coefficient (Wildman–Crippen LogP) is 3.89. The van der Waals surface area contributed by atoms with E-state index in [4.69, 9.17) is 9.84 Å². The van der Waals surface area contributed by atoms with Crippen molar-refractivity contribution in [3.8, 4) is 5.75 Å². The molecule has 2 aromatic rings. The van der Waals surface area contributed by atoms with E-state index in [-0.39, 0.29) is 42.3 Å². The molecule has 0 radical (unpaired) electrons. The zero-order valence-electron chi connectivity index (χ0n) is 18.9. The average Bonchev–Trinajstić information content (AvgIpc) is 3.69. The molecule has 0 spiro atoms. The molecule has 0 atom stereocenters. The molecular weight excluding hydrogens is 439 g/mol. The number of hydrogen-bond donors (Lipinski definition) is 3. The van der Waals surface area contributed by atoms with Crippen LogP contribution < -0.4 is 15.4 Å². The van der Waals surface area contributed by atoms with Gasteiger partial charge in [0.15, 0.2) is 11.6 Å². The number of amides is 2. The number of hydrogen-bond acceptors (Lipinski definition) is 4. The highest BCUT2D eigenvalue weighted by Gasteiger charge is 2.27. The van der Waals surface area contributed by atoms with Crippen molar-refractivity contribution in [2.75, 3.05) is 13.1 Å². The molecule has 2 aliphatic rings. The highest BCUT2D eigenvalue weighted by molar-refractivity contribution is 5.95. The number of halogens is 1. The van der Waals surface area contributed by atoms with Gasteiger partial charge in [-0.05, 0) is 80.3 Å². The summed E-state index contributed by atoms with van der Waals surface area (Å²) in [5.74, 6) is -1.83. The van der Waals surface area contributed by atoms with Crippen molar-refractivity contribution in [2.45, 2.75) is 50.5 Å². The molecule has 2 aromatic carbocycles. The van der Waals surface area contributed by atoms with E-state index in [0.717, 1.165) is 6.07 Å². The van der Waals surface area contributed by atoms with Gasteiger partial charge in [-0.25, -0.2) is 4.39 Å². The van der Waals surface area contributed by atoms with Gasteiger partial charge in [-0.3, -0.25) is 14.4 Å². The number of rotatable bonds is 9. The lowest BCUT2D eigenvalue weighted by Crippen LogP contribution is -2.34. The van der Waals surface area contributed by atoms with Crippen molar-refractivity contribution in [1.82, 2.24) is 10.6 Å². The van der Waals surface area contributed by atoms with Gasteiger partial charge in [0.2, 0.25) is 0 Å². The third kappa shape index (κ3) is 6.12. The summed E-state index contributed by atoms with van der Waals surface area (Å²) in [6.45, 7) is 0.459. The first-order chi connectivity index (χ1) is 16.4. The molecule has 34 heavy (non-hydrogen) atoms. The fourth-order valence-electron chi connectivity index (χ4n) is 4.25. The van der Waals surface area contributed by atoms with E-state index in [9.17, 15) is 18.8 Å². The quantitative estimate of drug-likeness (QED) is 0.485. The SMILES string of the molecule is O=C(NCCNC(=O)c1ccc(O[C@H]2CC[C@@H](C(=O)O)CC2)c(F)c1)c1cccc(C2CC2)c1. The molecule has 2 saturated carbocycles. The molecule has 2 fully saturated rings. The molecule has 2 amide bonds.